The van der Waals surface area contributed by atoms with Crippen LogP contribution >= 0.6 is 0 Å². The SMILES string of the molecule is CC=NOC(=O)CF. The quantitative estimate of drug-likeness (QED) is 0.301. The summed E-state index contributed by atoms with van der Waals surface area (Å²) in [5.74, 6) is -0.969. The molecule has 3 nitrogen and oxygen atoms in total. The van der Waals surface area contributed by atoms with E-state index in [9.17, 15) is 9.18 Å². The van der Waals surface area contributed by atoms with E-state index in [4.69, 9.17) is 0 Å². The molecule has 0 spiro atoms. The van der Waals surface area contributed by atoms with Gasteiger partial charge in [0.05, 0.1) is 0 Å². The normalized spacial score (nSPS) is 9.75. The fraction of sp³-hybridized carbons (Fsp3) is 0.500. The predicted octanol–water partition coefficient (Wildman–Crippen LogP) is 0.505. The number of hydrogen-bond acceptors (Lipinski definition) is 3. The van der Waals surface area contributed by atoms with Crippen LogP contribution in [-0.4, -0.2) is 18.9 Å². The Hall–Kier alpha value is -0.930. The number of nitrogens with zero attached hydrogens (tertiary/aromatic N) is 1. The summed E-state index contributed by atoms with van der Waals surface area (Å²) in [6.45, 7) is 0.433. The van der Waals surface area contributed by atoms with Gasteiger partial charge in [0.25, 0.3) is 0 Å². The van der Waals surface area contributed by atoms with Crippen molar-refractivity contribution in [3.8, 4) is 0 Å². The summed E-state index contributed by atoms with van der Waals surface area (Å²) in [4.78, 5) is 13.8. The van der Waals surface area contributed by atoms with Crippen LogP contribution in [0.25, 0.3) is 0 Å². The van der Waals surface area contributed by atoms with E-state index in [-0.39, 0.29) is 0 Å². The summed E-state index contributed by atoms with van der Waals surface area (Å²) in [7, 11) is 0. The summed E-state index contributed by atoms with van der Waals surface area (Å²) >= 11 is 0. The van der Waals surface area contributed by atoms with Gasteiger partial charge in [0.15, 0.2) is 6.67 Å². The molecule has 0 saturated heterocycles. The van der Waals surface area contributed by atoms with Crippen LogP contribution in [0.5, 0.6) is 0 Å². The number of hydrogen-bond donors (Lipinski definition) is 0. The predicted molar refractivity (Wildman–Crippen MR) is 26.2 cm³/mol. The first kappa shape index (κ1) is 7.07. The molecule has 0 radical (unpaired) electrons. The van der Waals surface area contributed by atoms with Gasteiger partial charge in [-0.1, -0.05) is 5.16 Å². The van der Waals surface area contributed by atoms with Crippen molar-refractivity contribution in [3.63, 3.8) is 0 Å². The molecule has 0 heterocycles. The maximum atomic E-state index is 11.2. The molecule has 0 unspecified atom stereocenters. The van der Waals surface area contributed by atoms with Gasteiger partial charge >= 0.3 is 5.97 Å². The molecule has 46 valence electrons. The lowest BCUT2D eigenvalue weighted by Gasteiger charge is -1.86. The third kappa shape index (κ3) is 3.27. The van der Waals surface area contributed by atoms with E-state index in [1.54, 1.807) is 6.92 Å². The number of oxime groups is 1. The summed E-state index contributed by atoms with van der Waals surface area (Å²) in [6, 6.07) is 0. The number of rotatable bonds is 2. The molecular weight excluding hydrogens is 113 g/mol. The molecule has 0 aromatic heterocycles. The second kappa shape index (κ2) is 4.23. The minimum absolute atomic E-state index is 0.969. The standard InChI is InChI=1S/C4H6FNO2/c1-2-6-8-4(7)3-5/h2H,3H2,1H3. The van der Waals surface area contributed by atoms with Gasteiger partial charge in [-0.2, -0.15) is 0 Å². The highest BCUT2D eigenvalue weighted by atomic mass is 19.1. The fourth-order valence-electron chi connectivity index (χ4n) is 0.136. The molecule has 0 aliphatic rings. The van der Waals surface area contributed by atoms with Crippen molar-refractivity contribution in [2.75, 3.05) is 6.67 Å². The van der Waals surface area contributed by atoms with Crippen LogP contribution in [0.3, 0.4) is 0 Å². The van der Waals surface area contributed by atoms with Gasteiger partial charge < -0.3 is 4.84 Å². The largest absolute Gasteiger partial charge is 0.365 e. The molecule has 0 fully saturated rings. The van der Waals surface area contributed by atoms with Crippen LogP contribution in [0.15, 0.2) is 5.16 Å². The van der Waals surface area contributed by atoms with E-state index >= 15 is 0 Å². The van der Waals surface area contributed by atoms with E-state index in [0.717, 1.165) is 0 Å². The summed E-state index contributed by atoms with van der Waals surface area (Å²) in [5.41, 5.74) is 0. The molecule has 0 aliphatic carbocycles. The van der Waals surface area contributed by atoms with Gasteiger partial charge in [-0.3, -0.25) is 0 Å². The number of halogens is 1. The monoisotopic (exact) mass is 119 g/mol. The Morgan fingerprint density at radius 1 is 2.00 bits per heavy atom. The Balaban J connectivity index is 3.25. The van der Waals surface area contributed by atoms with Gasteiger partial charge in [-0.15, -0.1) is 0 Å². The second-order valence-corrected chi connectivity index (χ2v) is 0.961. The van der Waals surface area contributed by atoms with E-state index < -0.39 is 12.6 Å². The van der Waals surface area contributed by atoms with Crippen molar-refractivity contribution in [2.45, 2.75) is 6.92 Å². The molecule has 0 N–H and O–H groups in total. The zero-order valence-corrected chi connectivity index (χ0v) is 4.43. The highest BCUT2D eigenvalue weighted by molar-refractivity contribution is 5.71. The molecule has 8 heavy (non-hydrogen) atoms. The van der Waals surface area contributed by atoms with Crippen molar-refractivity contribution in [2.24, 2.45) is 5.16 Å². The Bertz CT molecular complexity index is 102. The molecular formula is C4H6FNO2. The van der Waals surface area contributed by atoms with Crippen molar-refractivity contribution in [3.05, 3.63) is 0 Å². The molecule has 0 aromatic carbocycles. The molecule has 0 aliphatic heterocycles. The zero-order chi connectivity index (χ0) is 6.41. The maximum absolute atomic E-state index is 11.2. The minimum Gasteiger partial charge on any atom is -0.316 e. The molecule has 0 rings (SSSR count). The van der Waals surface area contributed by atoms with Gasteiger partial charge in [0.2, 0.25) is 0 Å². The first-order valence-electron chi connectivity index (χ1n) is 2.05. The van der Waals surface area contributed by atoms with Gasteiger partial charge in [-0.25, -0.2) is 9.18 Å². The van der Waals surface area contributed by atoms with E-state index in [1.165, 1.54) is 6.21 Å². The third-order valence-electron chi connectivity index (χ3n) is 0.369. The molecule has 0 amide bonds. The Morgan fingerprint density at radius 3 is 3.00 bits per heavy atom. The summed E-state index contributed by atoms with van der Waals surface area (Å²) in [5, 5.41) is 3.03. The maximum Gasteiger partial charge on any atom is 0.365 e. The van der Waals surface area contributed by atoms with Crippen LogP contribution in [0.1, 0.15) is 6.92 Å². The van der Waals surface area contributed by atoms with Crippen LogP contribution in [0, 0.1) is 0 Å². The number of alkyl halides is 1. The van der Waals surface area contributed by atoms with Crippen LogP contribution in [0.2, 0.25) is 0 Å². The smallest absolute Gasteiger partial charge is 0.316 e. The van der Waals surface area contributed by atoms with Crippen molar-refractivity contribution < 1.29 is 14.0 Å². The highest BCUT2D eigenvalue weighted by Gasteiger charge is 1.96. The van der Waals surface area contributed by atoms with E-state index in [2.05, 4.69) is 9.99 Å². The Kier molecular flexibility index (Phi) is 3.74. The summed E-state index contributed by atoms with van der Waals surface area (Å²) < 4.78 is 11.2. The van der Waals surface area contributed by atoms with Gasteiger partial charge in [-0.05, 0) is 6.92 Å². The number of carbonyl (C=O) groups is 1. The van der Waals surface area contributed by atoms with Crippen LogP contribution < -0.4 is 0 Å². The fourth-order valence-corrected chi connectivity index (χ4v) is 0.136. The lowest BCUT2D eigenvalue weighted by Crippen LogP contribution is -2.00. The van der Waals surface area contributed by atoms with Crippen molar-refractivity contribution in [1.29, 1.82) is 0 Å². The first-order valence-corrected chi connectivity index (χ1v) is 2.05. The molecule has 0 aromatic rings. The topological polar surface area (TPSA) is 38.7 Å². The molecule has 0 saturated carbocycles. The average molecular weight is 119 g/mol. The minimum atomic E-state index is -1.13. The lowest BCUT2D eigenvalue weighted by molar-refractivity contribution is -0.144. The Morgan fingerprint density at radius 2 is 2.62 bits per heavy atom. The van der Waals surface area contributed by atoms with Crippen molar-refractivity contribution in [1.82, 2.24) is 0 Å². The van der Waals surface area contributed by atoms with E-state index in [0.29, 0.717) is 0 Å². The van der Waals surface area contributed by atoms with E-state index in [1.807, 2.05) is 0 Å². The van der Waals surface area contributed by atoms with Crippen molar-refractivity contribution >= 4 is 12.2 Å². The first-order chi connectivity index (χ1) is 3.81. The van der Waals surface area contributed by atoms with Crippen LogP contribution in [-0.2, 0) is 9.63 Å². The number of carbonyl (C=O) groups excluding carboxylic acids is 1. The summed E-state index contributed by atoms with van der Waals surface area (Å²) in [6.07, 6.45) is 1.26. The lowest BCUT2D eigenvalue weighted by atomic mass is 10.8. The van der Waals surface area contributed by atoms with Gasteiger partial charge in [0.1, 0.15) is 0 Å². The second-order valence-electron chi connectivity index (χ2n) is 0.961. The molecule has 0 bridgehead atoms. The average Bonchev–Trinajstić information content (AvgIpc) is 1.83. The Labute approximate surface area is 46.1 Å². The molecule has 4 heteroatoms. The van der Waals surface area contributed by atoms with Crippen LogP contribution in [0.4, 0.5) is 4.39 Å². The van der Waals surface area contributed by atoms with Gasteiger partial charge in [0, 0.05) is 6.21 Å². The third-order valence-corrected chi connectivity index (χ3v) is 0.369. The zero-order valence-electron chi connectivity index (χ0n) is 4.43. The molecule has 0 atom stereocenters. The highest BCUT2D eigenvalue weighted by Crippen LogP contribution is 1.77.